The smallest absolute Gasteiger partial charge is 0.303 e. The highest BCUT2D eigenvalue weighted by molar-refractivity contribution is 5.67. The number of esters is 2. The van der Waals surface area contributed by atoms with E-state index in [9.17, 15) is 14.7 Å². The molecule has 3 aromatic carbocycles. The molecule has 7 nitrogen and oxygen atoms in total. The molecule has 1 aliphatic heterocycles. The molecule has 182 valence electrons. The van der Waals surface area contributed by atoms with E-state index in [0.29, 0.717) is 0 Å². The quantitative estimate of drug-likeness (QED) is 0.393. The second-order valence-electron chi connectivity index (χ2n) is 8.30. The molecule has 0 amide bonds. The summed E-state index contributed by atoms with van der Waals surface area (Å²) < 4.78 is 23.0. The third-order valence-corrected chi connectivity index (χ3v) is 5.89. The van der Waals surface area contributed by atoms with Gasteiger partial charge < -0.3 is 24.1 Å². The van der Waals surface area contributed by atoms with Crippen molar-refractivity contribution in [2.75, 3.05) is 6.61 Å². The predicted octanol–water partition coefficient (Wildman–Crippen LogP) is 3.58. The minimum atomic E-state index is -1.46. The highest BCUT2D eigenvalue weighted by atomic mass is 16.7. The van der Waals surface area contributed by atoms with Crippen LogP contribution in [0, 0.1) is 0 Å². The van der Waals surface area contributed by atoms with Crippen molar-refractivity contribution in [3.05, 3.63) is 108 Å². The van der Waals surface area contributed by atoms with Gasteiger partial charge in [0.1, 0.15) is 11.7 Å². The standard InChI is InChI=1S/C28H28O7/c1-19(29)33-25-24(35-27(31)26(25)34-20(2)30)18-32-28(21-12-6-3-7-13-21,22-14-8-4-9-15-22)23-16-10-5-11-17-23/h3-17,24-27,31H,18H2,1-2H3. The number of carbonyl (C=O) groups is 2. The molecule has 4 rings (SSSR count). The molecule has 1 saturated heterocycles. The van der Waals surface area contributed by atoms with Crippen LogP contribution in [0.3, 0.4) is 0 Å². The van der Waals surface area contributed by atoms with Crippen LogP contribution in [0.15, 0.2) is 91.0 Å². The molecule has 0 aliphatic carbocycles. The molecule has 0 aromatic heterocycles. The molecular formula is C28H28O7. The number of hydrogen-bond donors (Lipinski definition) is 1. The Morgan fingerprint density at radius 3 is 1.54 bits per heavy atom. The first-order valence-corrected chi connectivity index (χ1v) is 11.4. The van der Waals surface area contributed by atoms with Gasteiger partial charge in [-0.25, -0.2) is 0 Å². The Morgan fingerprint density at radius 2 is 1.14 bits per heavy atom. The summed E-state index contributed by atoms with van der Waals surface area (Å²) in [6, 6.07) is 29.3. The number of aliphatic hydroxyl groups is 1. The van der Waals surface area contributed by atoms with Gasteiger partial charge in [0.2, 0.25) is 0 Å². The number of rotatable bonds is 8. The highest BCUT2D eigenvalue weighted by Crippen LogP contribution is 2.41. The van der Waals surface area contributed by atoms with Gasteiger partial charge in [0.15, 0.2) is 18.5 Å². The van der Waals surface area contributed by atoms with Gasteiger partial charge in [0.05, 0.1) is 6.61 Å². The second kappa shape index (κ2) is 10.8. The van der Waals surface area contributed by atoms with Crippen LogP contribution in [0.1, 0.15) is 30.5 Å². The average molecular weight is 477 g/mol. The summed E-state index contributed by atoms with van der Waals surface area (Å²) in [5, 5.41) is 10.4. The van der Waals surface area contributed by atoms with Gasteiger partial charge in [-0.05, 0) is 16.7 Å². The third-order valence-electron chi connectivity index (χ3n) is 5.89. The van der Waals surface area contributed by atoms with Crippen LogP contribution in [-0.4, -0.2) is 48.3 Å². The maximum Gasteiger partial charge on any atom is 0.303 e. The van der Waals surface area contributed by atoms with E-state index in [1.807, 2.05) is 91.0 Å². The fourth-order valence-electron chi connectivity index (χ4n) is 4.47. The summed E-state index contributed by atoms with van der Waals surface area (Å²) in [7, 11) is 0. The Balaban J connectivity index is 1.75. The fourth-order valence-corrected chi connectivity index (χ4v) is 4.47. The molecule has 7 heteroatoms. The van der Waals surface area contributed by atoms with Crippen molar-refractivity contribution >= 4 is 11.9 Å². The van der Waals surface area contributed by atoms with Gasteiger partial charge in [-0.1, -0.05) is 91.0 Å². The van der Waals surface area contributed by atoms with Crippen LogP contribution in [0.2, 0.25) is 0 Å². The monoisotopic (exact) mass is 476 g/mol. The van der Waals surface area contributed by atoms with E-state index in [1.54, 1.807) is 0 Å². The molecule has 4 unspecified atom stereocenters. The molecule has 1 fully saturated rings. The van der Waals surface area contributed by atoms with Crippen molar-refractivity contribution in [1.82, 2.24) is 0 Å². The lowest BCUT2D eigenvalue weighted by Crippen LogP contribution is -2.43. The normalized spacial score (nSPS) is 21.9. The number of aliphatic hydroxyl groups excluding tert-OH is 1. The van der Waals surface area contributed by atoms with E-state index >= 15 is 0 Å². The molecule has 1 heterocycles. The molecule has 3 aromatic rings. The van der Waals surface area contributed by atoms with Crippen LogP contribution in [0.4, 0.5) is 0 Å². The Labute approximate surface area is 204 Å². The lowest BCUT2D eigenvalue weighted by molar-refractivity contribution is -0.174. The first-order valence-electron chi connectivity index (χ1n) is 11.4. The number of carbonyl (C=O) groups excluding carboxylic acids is 2. The van der Waals surface area contributed by atoms with Crippen molar-refractivity contribution in [1.29, 1.82) is 0 Å². The van der Waals surface area contributed by atoms with E-state index in [0.717, 1.165) is 16.7 Å². The minimum Gasteiger partial charge on any atom is -0.455 e. The van der Waals surface area contributed by atoms with Crippen LogP contribution >= 0.6 is 0 Å². The van der Waals surface area contributed by atoms with Crippen molar-refractivity contribution in [2.24, 2.45) is 0 Å². The lowest BCUT2D eigenvalue weighted by Gasteiger charge is -2.37. The molecular weight excluding hydrogens is 448 g/mol. The Kier molecular flexibility index (Phi) is 7.60. The highest BCUT2D eigenvalue weighted by Gasteiger charge is 2.50. The predicted molar refractivity (Wildman–Crippen MR) is 127 cm³/mol. The first kappa shape index (κ1) is 24.6. The zero-order chi connectivity index (χ0) is 24.8. The second-order valence-corrected chi connectivity index (χ2v) is 8.30. The zero-order valence-electron chi connectivity index (χ0n) is 19.6. The summed E-state index contributed by atoms with van der Waals surface area (Å²) in [4.78, 5) is 23.4. The summed E-state index contributed by atoms with van der Waals surface area (Å²) in [6.07, 6.45) is -4.54. The van der Waals surface area contributed by atoms with Crippen molar-refractivity contribution < 1.29 is 33.6 Å². The van der Waals surface area contributed by atoms with Crippen molar-refractivity contribution in [3.8, 4) is 0 Å². The topological polar surface area (TPSA) is 91.3 Å². The molecule has 0 radical (unpaired) electrons. The van der Waals surface area contributed by atoms with Crippen molar-refractivity contribution in [3.63, 3.8) is 0 Å². The summed E-state index contributed by atoms with van der Waals surface area (Å²) in [5.74, 6) is -1.21. The van der Waals surface area contributed by atoms with Crippen LogP contribution < -0.4 is 0 Å². The third kappa shape index (κ3) is 5.27. The molecule has 4 atom stereocenters. The van der Waals surface area contributed by atoms with Gasteiger partial charge in [0, 0.05) is 13.8 Å². The first-order chi connectivity index (χ1) is 16.9. The van der Waals surface area contributed by atoms with E-state index in [1.165, 1.54) is 13.8 Å². The molecule has 1 aliphatic rings. The average Bonchev–Trinajstić information content (AvgIpc) is 3.14. The molecule has 0 spiro atoms. The Bertz CT molecular complexity index is 1020. The van der Waals surface area contributed by atoms with E-state index < -0.39 is 42.1 Å². The van der Waals surface area contributed by atoms with Gasteiger partial charge in [-0.2, -0.15) is 0 Å². The summed E-state index contributed by atoms with van der Waals surface area (Å²) in [6.45, 7) is 2.40. The zero-order valence-corrected chi connectivity index (χ0v) is 19.6. The maximum absolute atomic E-state index is 11.8. The van der Waals surface area contributed by atoms with Gasteiger partial charge in [0.25, 0.3) is 0 Å². The Morgan fingerprint density at radius 1 is 0.743 bits per heavy atom. The fraction of sp³-hybridized carbons (Fsp3) is 0.286. The van der Waals surface area contributed by atoms with E-state index in [-0.39, 0.29) is 6.61 Å². The number of hydrogen-bond acceptors (Lipinski definition) is 7. The van der Waals surface area contributed by atoms with E-state index in [4.69, 9.17) is 18.9 Å². The summed E-state index contributed by atoms with van der Waals surface area (Å²) in [5.41, 5.74) is 1.63. The largest absolute Gasteiger partial charge is 0.455 e. The molecule has 0 bridgehead atoms. The van der Waals surface area contributed by atoms with Crippen molar-refractivity contribution in [2.45, 2.75) is 44.1 Å². The lowest BCUT2D eigenvalue weighted by atomic mass is 9.80. The van der Waals surface area contributed by atoms with Crippen LogP contribution in [-0.2, 0) is 34.1 Å². The van der Waals surface area contributed by atoms with Gasteiger partial charge >= 0.3 is 11.9 Å². The van der Waals surface area contributed by atoms with Gasteiger partial charge in [-0.3, -0.25) is 9.59 Å². The minimum absolute atomic E-state index is 0.0640. The maximum atomic E-state index is 11.8. The van der Waals surface area contributed by atoms with Crippen LogP contribution in [0.5, 0.6) is 0 Å². The van der Waals surface area contributed by atoms with E-state index in [2.05, 4.69) is 0 Å². The number of ether oxygens (including phenoxy) is 4. The van der Waals surface area contributed by atoms with Crippen LogP contribution in [0.25, 0.3) is 0 Å². The number of benzene rings is 3. The SMILES string of the molecule is CC(=O)OC1C(O)OC(COC(c2ccccc2)(c2ccccc2)c2ccccc2)C1OC(C)=O. The molecule has 1 N–H and O–H groups in total. The van der Waals surface area contributed by atoms with Gasteiger partial charge in [-0.15, -0.1) is 0 Å². The summed E-state index contributed by atoms with van der Waals surface area (Å²) >= 11 is 0. The molecule has 35 heavy (non-hydrogen) atoms. The molecule has 0 saturated carbocycles. The Hall–Kier alpha value is -3.52.